The summed E-state index contributed by atoms with van der Waals surface area (Å²) in [5.41, 5.74) is 2.11. The van der Waals surface area contributed by atoms with Gasteiger partial charge in [0.15, 0.2) is 11.9 Å². The van der Waals surface area contributed by atoms with Gasteiger partial charge in [-0.2, -0.15) is 10.5 Å². The quantitative estimate of drug-likeness (QED) is 0.329. The molecule has 11 nitrogen and oxygen atoms in total. The van der Waals surface area contributed by atoms with Gasteiger partial charge >= 0.3 is 13.8 Å². The Morgan fingerprint density at radius 3 is 1.88 bits per heavy atom. The van der Waals surface area contributed by atoms with E-state index >= 15 is 0 Å². The lowest BCUT2D eigenvalue weighted by molar-refractivity contribution is -0.148. The highest BCUT2D eigenvalue weighted by Gasteiger charge is 2.45. The fraction of sp³-hybridized carbons (Fsp3) is 0.227. The van der Waals surface area contributed by atoms with Crippen molar-refractivity contribution < 1.29 is 43.0 Å². The minimum atomic E-state index is -5.04. The number of hydrogen-bond acceptors (Lipinski definition) is 9. The van der Waals surface area contributed by atoms with Gasteiger partial charge in [0.1, 0.15) is 19.3 Å². The Hall–Kier alpha value is -3.70. The molecule has 0 aliphatic carbocycles. The van der Waals surface area contributed by atoms with Crippen molar-refractivity contribution in [3.8, 4) is 12.1 Å². The van der Waals surface area contributed by atoms with Crippen molar-refractivity contribution >= 4 is 13.8 Å². The second-order valence-electron chi connectivity index (χ2n) is 7.03. The first-order valence-electron chi connectivity index (χ1n) is 9.77. The van der Waals surface area contributed by atoms with Crippen molar-refractivity contribution in [2.24, 2.45) is 0 Å². The van der Waals surface area contributed by atoms with E-state index in [9.17, 15) is 14.5 Å². The zero-order chi connectivity index (χ0) is 24.7. The normalized spacial score (nSPS) is 16.4. The van der Waals surface area contributed by atoms with Crippen LogP contribution in [0.15, 0.2) is 60.0 Å². The predicted molar refractivity (Wildman–Crippen MR) is 113 cm³/mol. The first-order valence-corrected chi connectivity index (χ1v) is 11.3. The van der Waals surface area contributed by atoms with Gasteiger partial charge in [-0.3, -0.25) is 4.52 Å². The maximum atomic E-state index is 12.5. The van der Waals surface area contributed by atoms with Gasteiger partial charge < -0.3 is 29.1 Å². The summed E-state index contributed by atoms with van der Waals surface area (Å²) in [5.74, 6) is -1.53. The largest absolute Gasteiger partial charge is 0.485 e. The molecule has 2 aromatic carbocycles. The lowest BCUT2D eigenvalue weighted by atomic mass is 10.1. The standard InChI is InChI=1S/C22H19N2O9P/c23-9-14-1-5-16(6-2-14)12-30-20-19(18(11-25)33-34(27,28)29)32-22(26)21(20)31-13-17-7-3-15(10-24)4-8-17/h1-8,18-19,25H,11-13H2,(H2,27,28,29)/t18-,19+/m0/s1. The Morgan fingerprint density at radius 2 is 1.44 bits per heavy atom. The molecule has 0 bridgehead atoms. The van der Waals surface area contributed by atoms with E-state index in [-0.39, 0.29) is 24.7 Å². The summed E-state index contributed by atoms with van der Waals surface area (Å²) in [6.07, 6.45) is -3.11. The average Bonchev–Trinajstić information content (AvgIpc) is 3.14. The van der Waals surface area contributed by atoms with Crippen molar-refractivity contribution in [3.05, 3.63) is 82.3 Å². The minimum Gasteiger partial charge on any atom is -0.485 e. The lowest BCUT2D eigenvalue weighted by Gasteiger charge is -2.23. The molecule has 0 fully saturated rings. The number of hydrogen-bond donors (Lipinski definition) is 3. The van der Waals surface area contributed by atoms with Gasteiger partial charge in [0.05, 0.1) is 29.9 Å². The van der Waals surface area contributed by atoms with Crippen LogP contribution < -0.4 is 0 Å². The molecule has 2 aromatic rings. The van der Waals surface area contributed by atoms with Crippen LogP contribution in [-0.2, 0) is 41.3 Å². The molecule has 1 aliphatic heterocycles. The van der Waals surface area contributed by atoms with Crippen LogP contribution >= 0.6 is 7.82 Å². The SMILES string of the molecule is N#Cc1ccc(COC2=C(OCc3ccc(C#N)cc3)[C@@H]([C@H](CO)OP(=O)(O)O)OC2=O)cc1. The third kappa shape index (κ3) is 6.42. The molecule has 0 radical (unpaired) electrons. The number of nitrogens with zero attached hydrogens (tertiary/aromatic N) is 2. The van der Waals surface area contributed by atoms with E-state index in [1.807, 2.05) is 12.1 Å². The second kappa shape index (κ2) is 10.9. The molecule has 0 aromatic heterocycles. The molecule has 3 N–H and O–H groups in total. The number of carbonyl (C=O) groups is 1. The molecular formula is C22H19N2O9P. The van der Waals surface area contributed by atoms with Gasteiger partial charge in [-0.15, -0.1) is 0 Å². The van der Waals surface area contributed by atoms with Crippen molar-refractivity contribution in [2.75, 3.05) is 6.61 Å². The summed E-state index contributed by atoms with van der Waals surface area (Å²) in [6.45, 7) is -1.10. The third-order valence-electron chi connectivity index (χ3n) is 4.64. The van der Waals surface area contributed by atoms with Crippen molar-refractivity contribution in [1.29, 1.82) is 10.5 Å². The summed E-state index contributed by atoms with van der Waals surface area (Å²) in [6, 6.07) is 16.7. The number of phosphoric acid groups is 1. The predicted octanol–water partition coefficient (Wildman–Crippen LogP) is 1.77. The van der Waals surface area contributed by atoms with Crippen molar-refractivity contribution in [3.63, 3.8) is 0 Å². The Morgan fingerprint density at radius 1 is 0.941 bits per heavy atom. The van der Waals surface area contributed by atoms with Gasteiger partial charge in [-0.25, -0.2) is 9.36 Å². The van der Waals surface area contributed by atoms with Crippen LogP contribution in [-0.4, -0.2) is 39.7 Å². The molecule has 2 atom stereocenters. The Bertz CT molecular complexity index is 1190. The molecule has 1 heterocycles. The topological polar surface area (TPSA) is 179 Å². The summed E-state index contributed by atoms with van der Waals surface area (Å²) >= 11 is 0. The fourth-order valence-corrected chi connectivity index (χ4v) is 3.53. The third-order valence-corrected chi connectivity index (χ3v) is 5.18. The van der Waals surface area contributed by atoms with E-state index in [1.165, 1.54) is 0 Å². The maximum absolute atomic E-state index is 12.5. The average molecular weight is 486 g/mol. The molecular weight excluding hydrogens is 467 g/mol. The summed E-state index contributed by atoms with van der Waals surface area (Å²) < 4.78 is 32.4. The van der Waals surface area contributed by atoms with Crippen molar-refractivity contribution in [1.82, 2.24) is 0 Å². The zero-order valence-corrected chi connectivity index (χ0v) is 18.4. The van der Waals surface area contributed by atoms with E-state index < -0.39 is 32.6 Å². The molecule has 176 valence electrons. The zero-order valence-electron chi connectivity index (χ0n) is 17.5. The highest BCUT2D eigenvalue weighted by molar-refractivity contribution is 7.46. The van der Waals surface area contributed by atoms with Gasteiger partial charge in [0.25, 0.3) is 0 Å². The molecule has 1 aliphatic rings. The first-order chi connectivity index (χ1) is 16.2. The molecule has 0 saturated heterocycles. The van der Waals surface area contributed by atoms with Crippen LogP contribution in [0.1, 0.15) is 22.3 Å². The number of benzene rings is 2. The van der Waals surface area contributed by atoms with E-state index in [0.717, 1.165) is 0 Å². The molecule has 0 amide bonds. The highest BCUT2D eigenvalue weighted by Crippen LogP contribution is 2.41. The molecule has 0 saturated carbocycles. The second-order valence-corrected chi connectivity index (χ2v) is 8.22. The maximum Gasteiger partial charge on any atom is 0.470 e. The number of phosphoric ester groups is 1. The Kier molecular flexibility index (Phi) is 8.03. The fourth-order valence-electron chi connectivity index (χ4n) is 3.00. The Balaban J connectivity index is 1.86. The molecule has 34 heavy (non-hydrogen) atoms. The minimum absolute atomic E-state index is 0.101. The molecule has 12 heteroatoms. The molecule has 0 unspecified atom stereocenters. The van der Waals surface area contributed by atoms with E-state index in [2.05, 4.69) is 4.52 Å². The van der Waals surface area contributed by atoms with E-state index in [0.29, 0.717) is 22.3 Å². The number of cyclic esters (lactones) is 1. The van der Waals surface area contributed by atoms with Crippen LogP contribution in [0, 0.1) is 22.7 Å². The van der Waals surface area contributed by atoms with Crippen LogP contribution in [0.2, 0.25) is 0 Å². The first kappa shape index (κ1) is 24.9. The number of rotatable bonds is 10. The van der Waals surface area contributed by atoms with Crippen LogP contribution in [0.5, 0.6) is 0 Å². The van der Waals surface area contributed by atoms with E-state index in [4.69, 9.17) is 34.5 Å². The van der Waals surface area contributed by atoms with Gasteiger partial charge in [-0.1, -0.05) is 24.3 Å². The number of esters is 1. The van der Waals surface area contributed by atoms with E-state index in [1.54, 1.807) is 48.5 Å². The smallest absolute Gasteiger partial charge is 0.470 e. The number of aliphatic hydroxyl groups excluding tert-OH is 1. The molecule has 0 spiro atoms. The van der Waals surface area contributed by atoms with Crippen LogP contribution in [0.25, 0.3) is 0 Å². The van der Waals surface area contributed by atoms with Crippen LogP contribution in [0.4, 0.5) is 0 Å². The lowest BCUT2D eigenvalue weighted by Crippen LogP contribution is -2.34. The monoisotopic (exact) mass is 486 g/mol. The summed E-state index contributed by atoms with van der Waals surface area (Å²) in [4.78, 5) is 30.8. The van der Waals surface area contributed by atoms with Gasteiger partial charge in [0.2, 0.25) is 5.76 Å². The number of carbonyl (C=O) groups excluding carboxylic acids is 1. The molecule has 3 rings (SSSR count). The Labute approximate surface area is 194 Å². The summed E-state index contributed by atoms with van der Waals surface area (Å²) in [7, 11) is -5.04. The number of ether oxygens (including phenoxy) is 3. The highest BCUT2D eigenvalue weighted by atomic mass is 31.2. The number of nitriles is 2. The van der Waals surface area contributed by atoms with Crippen LogP contribution in [0.3, 0.4) is 0 Å². The van der Waals surface area contributed by atoms with Gasteiger partial charge in [0, 0.05) is 0 Å². The number of aliphatic hydroxyl groups is 1. The van der Waals surface area contributed by atoms with Gasteiger partial charge in [-0.05, 0) is 35.4 Å². The van der Waals surface area contributed by atoms with Crippen molar-refractivity contribution in [2.45, 2.75) is 25.4 Å². The summed E-state index contributed by atoms with van der Waals surface area (Å²) in [5, 5.41) is 27.4.